The van der Waals surface area contributed by atoms with Crippen LogP contribution in [0, 0.1) is 0 Å². The minimum Gasteiger partial charge on any atom is -2.00 e. The van der Waals surface area contributed by atoms with Gasteiger partial charge < -0.3 is 125 Å². The predicted octanol–water partition coefficient (Wildman–Crippen LogP) is -8.49. The molecule has 178 valence electrons. The van der Waals surface area contributed by atoms with E-state index in [1.54, 1.807) is 0 Å². The molecular formula is H32Cd2N10O12V2-10. The van der Waals surface area contributed by atoms with Crippen molar-refractivity contribution in [3.8, 4) is 0 Å². The van der Waals surface area contributed by atoms with Crippen molar-refractivity contribution in [3.63, 3.8) is 0 Å². The average Bonchev–Trinajstić information content (AvgIpc) is 2.03. The van der Waals surface area contributed by atoms with Crippen molar-refractivity contribution in [1.82, 2.24) is 61.5 Å². The Kier molecular flexibility index (Phi) is 86300. The maximum absolute atomic E-state index is 7.00. The molecule has 0 saturated carbocycles. The van der Waals surface area contributed by atoms with E-state index in [1.807, 2.05) is 0 Å². The molecule has 0 heterocycles. The molecule has 0 spiro atoms. The molecule has 0 aliphatic rings. The predicted molar refractivity (Wildman–Crippen MR) is 55.5 cm³/mol. The third kappa shape index (κ3) is 3630. The van der Waals surface area contributed by atoms with Crippen LogP contribution in [0.3, 0.4) is 0 Å². The summed E-state index contributed by atoms with van der Waals surface area (Å²) in [5, 5.41) is 56.0. The normalized spacial score (nSPS) is 0.923. The summed E-state index contributed by atoms with van der Waals surface area (Å²) >= 11 is 0. The van der Waals surface area contributed by atoms with Crippen LogP contribution in [0.4, 0.5) is 0 Å². The molecule has 0 atom stereocenters. The van der Waals surface area contributed by atoms with Crippen LogP contribution in [-0.2, 0) is 103 Å². The zero-order chi connectivity index (χ0) is 8.00. The topological polar surface area (TPSA) is 651 Å². The van der Waals surface area contributed by atoms with Gasteiger partial charge in [0, 0.05) is 37.1 Å². The Morgan fingerprint density at radius 1 is 0.269 bits per heavy atom. The van der Waals surface area contributed by atoms with Gasteiger partial charge >= 0.3 is 54.6 Å². The summed E-state index contributed by atoms with van der Waals surface area (Å²) in [6, 6.07) is 0. The summed E-state index contributed by atoms with van der Waals surface area (Å²) in [5.74, 6) is 0. The summed E-state index contributed by atoms with van der Waals surface area (Å²) in [5.41, 5.74) is 0. The van der Waals surface area contributed by atoms with E-state index in [9.17, 15) is 0 Å². The molecule has 26 heteroatoms. The number of hydrogen-bond acceptors (Lipinski definition) is 20. The van der Waals surface area contributed by atoms with Gasteiger partial charge in [-0.05, 0) is 0 Å². The van der Waals surface area contributed by atoms with Crippen LogP contribution in [0.15, 0.2) is 0 Å². The van der Waals surface area contributed by atoms with Gasteiger partial charge in [-0.2, -0.15) is 0 Å². The first-order valence-electron chi connectivity index (χ1n) is 0.667. The smallest absolute Gasteiger partial charge is 2.00 e. The van der Waals surface area contributed by atoms with Gasteiger partial charge in [-0.1, -0.05) is 0 Å². The molecule has 0 aliphatic carbocycles. The van der Waals surface area contributed by atoms with Crippen molar-refractivity contribution in [2.45, 2.75) is 0 Å². The second-order valence-corrected chi connectivity index (χ2v) is 0. The largest absolute Gasteiger partial charge is 2.00 e. The third-order valence-corrected chi connectivity index (χ3v) is 0. The Morgan fingerprint density at radius 3 is 0.269 bits per heavy atom. The number of rotatable bonds is 0. The Hall–Kier alpha value is 2.13. The second kappa shape index (κ2) is 4070. The van der Waals surface area contributed by atoms with Crippen LogP contribution in [0.25, 0.3) is 0 Å². The minimum absolute atomic E-state index is 0. The Morgan fingerprint density at radius 2 is 0.269 bits per heavy atom. The Balaban J connectivity index is -0.000000000333. The van der Waals surface area contributed by atoms with Gasteiger partial charge in [0.05, 0.1) is 0 Å². The average molecular weight is 691 g/mol. The summed E-state index contributed by atoms with van der Waals surface area (Å²) in [4.78, 5) is 0. The van der Waals surface area contributed by atoms with E-state index in [-0.39, 0.29) is 175 Å². The summed E-state index contributed by atoms with van der Waals surface area (Å²) in [6.07, 6.45) is 0. The van der Waals surface area contributed by atoms with Crippen molar-refractivity contribution in [1.29, 1.82) is 0 Å². The van der Waals surface area contributed by atoms with Crippen molar-refractivity contribution >= 4 is 0 Å². The van der Waals surface area contributed by atoms with E-state index in [1.165, 1.54) is 0 Å². The molecule has 0 aromatic carbocycles. The van der Waals surface area contributed by atoms with Crippen LogP contribution < -0.4 is 104 Å². The zero-order valence-corrected chi connectivity index (χ0v) is 25.2. The molecule has 0 saturated heterocycles. The molecule has 2 radical (unpaired) electrons. The van der Waals surface area contributed by atoms with Crippen LogP contribution >= 0.6 is 0 Å². The molecule has 22 nitrogen and oxygen atoms in total. The molecular weight excluding hydrogens is 659 g/mol. The van der Waals surface area contributed by atoms with Crippen LogP contribution in [-0.4, -0.2) is 11.0 Å². The van der Waals surface area contributed by atoms with Crippen LogP contribution in [0.5, 0.6) is 0 Å². The van der Waals surface area contributed by atoms with E-state index >= 15 is 0 Å². The van der Waals surface area contributed by atoms with Crippen LogP contribution in [0.2, 0.25) is 0 Å². The fourth-order valence-electron chi connectivity index (χ4n) is 0. The first-order chi connectivity index (χ1) is 4.00. The monoisotopic (exact) mass is 694 g/mol. The van der Waals surface area contributed by atoms with Gasteiger partial charge in [0.1, 0.15) is 0 Å². The van der Waals surface area contributed by atoms with Gasteiger partial charge in [-0.3, -0.25) is 0 Å². The second-order valence-electron chi connectivity index (χ2n) is 0. The molecule has 0 unspecified atom stereocenters. The molecule has 0 bridgehead atoms. The summed E-state index contributed by atoms with van der Waals surface area (Å²) in [6.45, 7) is 0. The van der Waals surface area contributed by atoms with E-state index in [0.29, 0.717) is 0 Å². The standard InChI is InChI=1S/2Cd.10H3N.4O2.2H2O.2O.2V/c;;;;;;;;;;;;4*1-2;;;;;;/h;;10*1H3;;;;;2*1H2;;;;/q2*+2;;;;;;;;;;;4*-2;;;2*-2;;/p-2. The molecule has 0 fully saturated rings. The van der Waals surface area contributed by atoms with Gasteiger partial charge in [0.15, 0.2) is 0 Å². The number of hydrogen-bond donors (Lipinski definition) is 10. The fraction of sp³-hybridized carbons (Fsp3) is 0. The van der Waals surface area contributed by atoms with Crippen molar-refractivity contribution in [3.05, 3.63) is 0 Å². The van der Waals surface area contributed by atoms with Crippen LogP contribution in [0.1, 0.15) is 0 Å². The zero-order valence-electron chi connectivity index (χ0n) is 14.4. The molecule has 0 aliphatic heterocycles. The van der Waals surface area contributed by atoms with E-state index in [4.69, 9.17) is 42.1 Å². The summed E-state index contributed by atoms with van der Waals surface area (Å²) < 4.78 is 0. The third-order valence-electron chi connectivity index (χ3n) is 0. The van der Waals surface area contributed by atoms with E-state index < -0.39 is 0 Å². The SMILES string of the molecule is N.N.N.N.N.N.N.N.N.N.[Cd+2].[Cd+2].[O-2].[O-2].[O-][O-].[O-][O-].[O-][O-].[O-][O-].[OH-].[OH-].[V].[V]. The first kappa shape index (κ1) is 551. The first-order valence-corrected chi connectivity index (χ1v) is 0.667. The molecule has 32 N–H and O–H groups in total. The molecule has 0 rings (SSSR count). The molecule has 26 heavy (non-hydrogen) atoms. The fourth-order valence-corrected chi connectivity index (χ4v) is 0. The maximum atomic E-state index is 7.00. The van der Waals surface area contributed by atoms with Gasteiger partial charge in [0.25, 0.3) is 0 Å². The Bertz CT molecular complexity index is 42.0. The minimum atomic E-state index is 0. The maximum Gasteiger partial charge on any atom is 2.00 e. The van der Waals surface area contributed by atoms with Crippen molar-refractivity contribution < 1.29 is 156 Å². The molecule has 0 amide bonds. The van der Waals surface area contributed by atoms with Gasteiger partial charge in [-0.25, -0.2) is 0 Å². The van der Waals surface area contributed by atoms with Gasteiger partial charge in [-0.15, -0.1) is 0 Å². The molecule has 0 aromatic heterocycles. The van der Waals surface area contributed by atoms with Gasteiger partial charge in [0.2, 0.25) is 0 Å². The molecule has 0 aromatic rings. The quantitative estimate of drug-likeness (QED) is 0.0640. The van der Waals surface area contributed by atoms with E-state index in [2.05, 4.69) is 0 Å². The summed E-state index contributed by atoms with van der Waals surface area (Å²) in [7, 11) is 0. The van der Waals surface area contributed by atoms with Crippen molar-refractivity contribution in [2.24, 2.45) is 0 Å². The van der Waals surface area contributed by atoms with E-state index in [0.717, 1.165) is 0 Å². The Labute approximate surface area is 215 Å². The van der Waals surface area contributed by atoms with Crippen molar-refractivity contribution in [2.75, 3.05) is 0 Å².